The molecule has 9 heteroatoms. The summed E-state index contributed by atoms with van der Waals surface area (Å²) in [6.45, 7) is 5.14. The molecule has 0 saturated heterocycles. The maximum atomic E-state index is 12.4. The van der Waals surface area contributed by atoms with Gasteiger partial charge < -0.3 is 27.8 Å². The molecular formula is C20H22N2O7. The van der Waals surface area contributed by atoms with Crippen molar-refractivity contribution in [2.24, 2.45) is 0 Å². The Balaban J connectivity index is 1.78. The Bertz CT molecular complexity index is 1010. The van der Waals surface area contributed by atoms with E-state index in [0.29, 0.717) is 39.9 Å². The molecule has 1 aromatic carbocycles. The van der Waals surface area contributed by atoms with Gasteiger partial charge in [0.05, 0.1) is 21.3 Å². The van der Waals surface area contributed by atoms with Crippen molar-refractivity contribution < 1.29 is 32.6 Å². The first-order valence-corrected chi connectivity index (χ1v) is 8.76. The molecule has 0 atom stereocenters. The molecule has 2 heterocycles. The molecular weight excluding hydrogens is 380 g/mol. The molecule has 29 heavy (non-hydrogen) atoms. The van der Waals surface area contributed by atoms with Crippen molar-refractivity contribution >= 4 is 5.97 Å². The van der Waals surface area contributed by atoms with E-state index in [1.807, 2.05) is 0 Å². The van der Waals surface area contributed by atoms with Gasteiger partial charge in [0.25, 0.3) is 5.89 Å². The average Bonchev–Trinajstić information content (AvgIpc) is 3.29. The minimum Gasteiger partial charge on any atom is -0.493 e. The quantitative estimate of drug-likeness (QED) is 0.547. The average molecular weight is 402 g/mol. The maximum Gasteiger partial charge on any atom is 0.342 e. The highest BCUT2D eigenvalue weighted by Crippen LogP contribution is 2.40. The third-order valence-electron chi connectivity index (χ3n) is 4.47. The Labute approximate surface area is 167 Å². The Morgan fingerprint density at radius 2 is 1.59 bits per heavy atom. The van der Waals surface area contributed by atoms with Gasteiger partial charge in [0.15, 0.2) is 18.1 Å². The molecule has 0 fully saturated rings. The van der Waals surface area contributed by atoms with Crippen LogP contribution in [0.4, 0.5) is 0 Å². The van der Waals surface area contributed by atoms with Crippen molar-refractivity contribution in [3.63, 3.8) is 0 Å². The first-order chi connectivity index (χ1) is 13.9. The second-order valence-electron chi connectivity index (χ2n) is 6.21. The number of hydrogen-bond donors (Lipinski definition) is 0. The van der Waals surface area contributed by atoms with Gasteiger partial charge in [0, 0.05) is 11.1 Å². The number of esters is 1. The van der Waals surface area contributed by atoms with E-state index in [1.54, 1.807) is 32.9 Å². The first kappa shape index (κ1) is 20.2. The summed E-state index contributed by atoms with van der Waals surface area (Å²) in [5, 5.41) is 7.94. The lowest BCUT2D eigenvalue weighted by Crippen LogP contribution is -2.07. The van der Waals surface area contributed by atoms with E-state index in [-0.39, 0.29) is 18.4 Å². The number of methoxy groups -OCH3 is 3. The van der Waals surface area contributed by atoms with E-state index in [0.717, 1.165) is 5.56 Å². The molecule has 0 aliphatic heterocycles. The zero-order valence-corrected chi connectivity index (χ0v) is 17.1. The van der Waals surface area contributed by atoms with E-state index in [1.165, 1.54) is 21.3 Å². The van der Waals surface area contributed by atoms with Crippen LogP contribution in [-0.2, 0) is 11.3 Å². The molecule has 0 aliphatic rings. The number of carbonyl (C=O) groups is 1. The molecule has 0 amide bonds. The lowest BCUT2D eigenvalue weighted by molar-refractivity contribution is 0.0436. The Morgan fingerprint density at radius 1 is 0.931 bits per heavy atom. The minimum atomic E-state index is -0.510. The second-order valence-corrected chi connectivity index (χ2v) is 6.21. The molecule has 0 N–H and O–H groups in total. The highest BCUT2D eigenvalue weighted by Gasteiger charge is 2.22. The summed E-state index contributed by atoms with van der Waals surface area (Å²) in [4.78, 5) is 12.4. The van der Waals surface area contributed by atoms with Crippen LogP contribution in [0.2, 0.25) is 0 Å². The van der Waals surface area contributed by atoms with Crippen molar-refractivity contribution in [1.82, 2.24) is 10.2 Å². The van der Waals surface area contributed by atoms with E-state index in [4.69, 9.17) is 27.8 Å². The lowest BCUT2D eigenvalue weighted by atomic mass is 10.1. The van der Waals surface area contributed by atoms with Crippen molar-refractivity contribution in [3.05, 3.63) is 40.7 Å². The third-order valence-corrected chi connectivity index (χ3v) is 4.47. The molecule has 154 valence electrons. The number of hydrogen-bond acceptors (Lipinski definition) is 9. The number of furan rings is 1. The zero-order chi connectivity index (χ0) is 21.1. The summed E-state index contributed by atoms with van der Waals surface area (Å²) in [6.07, 6.45) is 0. The summed E-state index contributed by atoms with van der Waals surface area (Å²) in [7, 11) is 4.55. The largest absolute Gasteiger partial charge is 0.493 e. The smallest absolute Gasteiger partial charge is 0.342 e. The number of benzene rings is 1. The summed E-state index contributed by atoms with van der Waals surface area (Å²) in [5.41, 5.74) is 1.73. The Hall–Kier alpha value is -3.49. The Morgan fingerprint density at radius 3 is 2.10 bits per heavy atom. The zero-order valence-electron chi connectivity index (χ0n) is 17.1. The van der Waals surface area contributed by atoms with Gasteiger partial charge in [0.1, 0.15) is 17.1 Å². The van der Waals surface area contributed by atoms with Crippen molar-refractivity contribution in [2.45, 2.75) is 27.4 Å². The minimum absolute atomic E-state index is 0.151. The maximum absolute atomic E-state index is 12.4. The summed E-state index contributed by atoms with van der Waals surface area (Å²) in [6, 6.07) is 3.37. The van der Waals surface area contributed by atoms with Crippen LogP contribution in [0.5, 0.6) is 17.2 Å². The van der Waals surface area contributed by atoms with Gasteiger partial charge >= 0.3 is 5.97 Å². The van der Waals surface area contributed by atoms with Crippen molar-refractivity contribution in [1.29, 1.82) is 0 Å². The number of aromatic nitrogens is 2. The van der Waals surface area contributed by atoms with Gasteiger partial charge in [-0.25, -0.2) is 4.79 Å². The van der Waals surface area contributed by atoms with E-state index in [9.17, 15) is 4.79 Å². The fourth-order valence-electron chi connectivity index (χ4n) is 2.93. The molecule has 9 nitrogen and oxygen atoms in total. The van der Waals surface area contributed by atoms with E-state index >= 15 is 0 Å². The first-order valence-electron chi connectivity index (χ1n) is 8.76. The molecule has 0 spiro atoms. The van der Waals surface area contributed by atoms with Gasteiger partial charge in [-0.2, -0.15) is 0 Å². The van der Waals surface area contributed by atoms with Crippen LogP contribution in [0.3, 0.4) is 0 Å². The standard InChI is InChI=1S/C20H22N2O7/c1-10-11(2)28-12(3)17(10)20(23)27-9-16-21-22-19(29-16)13-7-14(24-4)18(26-6)15(8-13)25-5/h7-8H,9H2,1-6H3. The molecule has 2 aromatic heterocycles. The fraction of sp³-hybridized carbons (Fsp3) is 0.350. The molecule has 0 unspecified atom stereocenters. The number of nitrogens with zero attached hydrogens (tertiary/aromatic N) is 2. The fourth-order valence-corrected chi connectivity index (χ4v) is 2.93. The number of carbonyl (C=O) groups excluding carboxylic acids is 1. The van der Waals surface area contributed by atoms with Crippen LogP contribution in [-0.4, -0.2) is 37.5 Å². The lowest BCUT2D eigenvalue weighted by Gasteiger charge is -2.12. The van der Waals surface area contributed by atoms with Gasteiger partial charge in [-0.15, -0.1) is 10.2 Å². The number of rotatable bonds is 7. The number of aryl methyl sites for hydroxylation is 2. The van der Waals surface area contributed by atoms with Crippen molar-refractivity contribution in [3.8, 4) is 28.7 Å². The number of ether oxygens (including phenoxy) is 4. The van der Waals surface area contributed by atoms with Crippen LogP contribution >= 0.6 is 0 Å². The van der Waals surface area contributed by atoms with Crippen LogP contribution in [0.25, 0.3) is 11.5 Å². The summed E-state index contributed by atoms with van der Waals surface area (Å²) in [5.74, 6) is 2.41. The summed E-state index contributed by atoms with van der Waals surface area (Å²) < 4.78 is 32.3. The SMILES string of the molecule is COc1cc(-c2nnc(COC(=O)c3c(C)oc(C)c3C)o2)cc(OC)c1OC. The van der Waals surface area contributed by atoms with Gasteiger partial charge in [-0.3, -0.25) is 0 Å². The molecule has 0 saturated carbocycles. The van der Waals surface area contributed by atoms with Crippen LogP contribution in [0.15, 0.2) is 21.0 Å². The van der Waals surface area contributed by atoms with E-state index < -0.39 is 5.97 Å². The Kier molecular flexibility index (Phi) is 5.76. The van der Waals surface area contributed by atoms with Gasteiger partial charge in [-0.1, -0.05) is 0 Å². The van der Waals surface area contributed by atoms with Crippen LogP contribution in [0, 0.1) is 20.8 Å². The van der Waals surface area contributed by atoms with Crippen LogP contribution in [0.1, 0.15) is 33.3 Å². The van der Waals surface area contributed by atoms with Crippen molar-refractivity contribution in [2.75, 3.05) is 21.3 Å². The predicted molar refractivity (Wildman–Crippen MR) is 101 cm³/mol. The van der Waals surface area contributed by atoms with Gasteiger partial charge in [-0.05, 0) is 32.9 Å². The van der Waals surface area contributed by atoms with Gasteiger partial charge in [0.2, 0.25) is 11.6 Å². The highest BCUT2D eigenvalue weighted by atomic mass is 16.5. The predicted octanol–water partition coefficient (Wildman–Crippen LogP) is 3.64. The molecule has 0 aliphatic carbocycles. The van der Waals surface area contributed by atoms with Crippen LogP contribution < -0.4 is 14.2 Å². The molecule has 3 aromatic rings. The monoisotopic (exact) mass is 402 g/mol. The summed E-state index contributed by atoms with van der Waals surface area (Å²) >= 11 is 0. The normalized spacial score (nSPS) is 10.7. The van der Waals surface area contributed by atoms with E-state index in [2.05, 4.69) is 10.2 Å². The topological polar surface area (TPSA) is 106 Å². The molecule has 0 radical (unpaired) electrons. The molecule has 3 rings (SSSR count). The highest BCUT2D eigenvalue weighted by molar-refractivity contribution is 5.92. The third kappa shape index (κ3) is 3.89. The molecule has 0 bridgehead atoms. The second kappa shape index (κ2) is 8.26.